The van der Waals surface area contributed by atoms with Crippen LogP contribution in [-0.2, 0) is 0 Å². The molecule has 2 aromatic heterocycles. The minimum absolute atomic E-state index is 0.155. The van der Waals surface area contributed by atoms with Gasteiger partial charge in [0.25, 0.3) is 5.91 Å². The molecular formula is C23H22N2O3S. The standard InChI is InChI=1S/C23H22N2O3S/c1-2-25(16-9-4-3-5-10-16)14-8-13-24-22(26)20-15-18-21(29-20)17-11-6-7-12-19(17)28-23(18)27/h3-7,9-12,15H,2,8,13-14H2,1H3,(H,24,26). The summed E-state index contributed by atoms with van der Waals surface area (Å²) in [5.74, 6) is -0.155. The molecule has 0 aliphatic heterocycles. The van der Waals surface area contributed by atoms with E-state index in [1.165, 1.54) is 17.0 Å². The highest BCUT2D eigenvalue weighted by Crippen LogP contribution is 2.30. The number of thiophene rings is 1. The molecule has 0 saturated heterocycles. The summed E-state index contributed by atoms with van der Waals surface area (Å²) < 4.78 is 6.16. The first-order valence-electron chi connectivity index (χ1n) is 9.71. The van der Waals surface area contributed by atoms with Crippen LogP contribution in [0.5, 0.6) is 0 Å². The Morgan fingerprint density at radius 3 is 2.62 bits per heavy atom. The second kappa shape index (κ2) is 8.49. The van der Waals surface area contributed by atoms with Crippen LogP contribution in [0.25, 0.3) is 21.1 Å². The molecule has 0 fully saturated rings. The molecule has 0 atom stereocenters. The summed E-state index contributed by atoms with van der Waals surface area (Å²) in [6, 6.07) is 19.3. The van der Waals surface area contributed by atoms with Gasteiger partial charge in [-0.1, -0.05) is 30.3 Å². The van der Waals surface area contributed by atoms with Crippen molar-refractivity contribution in [1.82, 2.24) is 5.32 Å². The fraction of sp³-hybridized carbons (Fsp3) is 0.217. The molecule has 0 saturated carbocycles. The molecule has 2 aromatic carbocycles. The Kier molecular flexibility index (Phi) is 5.62. The molecule has 29 heavy (non-hydrogen) atoms. The topological polar surface area (TPSA) is 62.6 Å². The van der Waals surface area contributed by atoms with Crippen LogP contribution in [0.15, 0.2) is 69.9 Å². The summed E-state index contributed by atoms with van der Waals surface area (Å²) in [5.41, 5.74) is 1.32. The maximum Gasteiger partial charge on any atom is 0.345 e. The van der Waals surface area contributed by atoms with E-state index in [1.54, 1.807) is 12.1 Å². The Hall–Kier alpha value is -3.12. The fourth-order valence-corrected chi connectivity index (χ4v) is 4.51. The normalized spacial score (nSPS) is 11.1. The van der Waals surface area contributed by atoms with Crippen molar-refractivity contribution in [2.75, 3.05) is 24.5 Å². The molecule has 1 amide bonds. The van der Waals surface area contributed by atoms with E-state index in [1.807, 2.05) is 36.4 Å². The summed E-state index contributed by atoms with van der Waals surface area (Å²) in [7, 11) is 0. The highest BCUT2D eigenvalue weighted by molar-refractivity contribution is 7.21. The molecule has 5 nitrogen and oxygen atoms in total. The summed E-state index contributed by atoms with van der Waals surface area (Å²) in [6.07, 6.45) is 0.838. The number of para-hydroxylation sites is 2. The van der Waals surface area contributed by atoms with E-state index in [4.69, 9.17) is 4.42 Å². The number of benzene rings is 2. The second-order valence-electron chi connectivity index (χ2n) is 6.76. The Balaban J connectivity index is 1.42. The van der Waals surface area contributed by atoms with Crippen LogP contribution in [-0.4, -0.2) is 25.5 Å². The van der Waals surface area contributed by atoms with Gasteiger partial charge in [-0.3, -0.25) is 4.79 Å². The number of anilines is 1. The summed E-state index contributed by atoms with van der Waals surface area (Å²) in [6.45, 7) is 4.48. The lowest BCUT2D eigenvalue weighted by molar-refractivity contribution is 0.0957. The highest BCUT2D eigenvalue weighted by Gasteiger charge is 2.15. The molecule has 4 aromatic rings. The van der Waals surface area contributed by atoms with Gasteiger partial charge in [0.2, 0.25) is 0 Å². The molecule has 0 aliphatic carbocycles. The maximum absolute atomic E-state index is 12.6. The number of carbonyl (C=O) groups is 1. The molecule has 1 N–H and O–H groups in total. The zero-order chi connectivity index (χ0) is 20.2. The predicted octanol–water partition coefficient (Wildman–Crippen LogP) is 4.65. The van der Waals surface area contributed by atoms with Crippen LogP contribution >= 0.6 is 11.3 Å². The van der Waals surface area contributed by atoms with E-state index in [0.29, 0.717) is 22.4 Å². The average molecular weight is 407 g/mol. The number of carbonyl (C=O) groups excluding carboxylic acids is 1. The molecule has 0 bridgehead atoms. The zero-order valence-corrected chi connectivity index (χ0v) is 17.0. The van der Waals surface area contributed by atoms with Crippen molar-refractivity contribution in [3.05, 3.63) is 76.0 Å². The quantitative estimate of drug-likeness (QED) is 0.358. The molecule has 148 valence electrons. The van der Waals surface area contributed by atoms with Crippen molar-refractivity contribution >= 4 is 44.0 Å². The van der Waals surface area contributed by atoms with Gasteiger partial charge in [0, 0.05) is 30.7 Å². The minimum Gasteiger partial charge on any atom is -0.422 e. The van der Waals surface area contributed by atoms with Crippen LogP contribution in [0.4, 0.5) is 5.69 Å². The molecular weight excluding hydrogens is 384 g/mol. The van der Waals surface area contributed by atoms with Gasteiger partial charge >= 0.3 is 5.63 Å². The first-order chi connectivity index (χ1) is 14.2. The van der Waals surface area contributed by atoms with Gasteiger partial charge in [-0.05, 0) is 43.7 Å². The van der Waals surface area contributed by atoms with E-state index >= 15 is 0 Å². The third-order valence-corrected chi connectivity index (χ3v) is 6.07. The average Bonchev–Trinajstić information content (AvgIpc) is 3.21. The lowest BCUT2D eigenvalue weighted by Crippen LogP contribution is -2.29. The lowest BCUT2D eigenvalue weighted by Gasteiger charge is -2.23. The SMILES string of the molecule is CCN(CCCNC(=O)c1cc2c(=O)oc3ccccc3c2s1)c1ccccc1. The van der Waals surface area contributed by atoms with Crippen LogP contribution < -0.4 is 15.8 Å². The minimum atomic E-state index is -0.407. The first-order valence-corrected chi connectivity index (χ1v) is 10.5. The number of nitrogens with one attached hydrogen (secondary N) is 1. The monoisotopic (exact) mass is 406 g/mol. The van der Waals surface area contributed by atoms with Gasteiger partial charge in [-0.25, -0.2) is 4.79 Å². The van der Waals surface area contributed by atoms with Gasteiger partial charge in [0.1, 0.15) is 5.58 Å². The van der Waals surface area contributed by atoms with Crippen molar-refractivity contribution in [3.8, 4) is 0 Å². The van der Waals surface area contributed by atoms with Crippen LogP contribution in [0.2, 0.25) is 0 Å². The number of amides is 1. The van der Waals surface area contributed by atoms with Gasteiger partial charge in [-0.2, -0.15) is 0 Å². The largest absolute Gasteiger partial charge is 0.422 e. The van der Waals surface area contributed by atoms with Crippen molar-refractivity contribution in [3.63, 3.8) is 0 Å². The smallest absolute Gasteiger partial charge is 0.345 e. The molecule has 2 heterocycles. The summed E-state index contributed by atoms with van der Waals surface area (Å²) in [4.78, 5) is 27.6. The predicted molar refractivity (Wildman–Crippen MR) is 119 cm³/mol. The van der Waals surface area contributed by atoms with E-state index in [-0.39, 0.29) is 5.91 Å². The van der Waals surface area contributed by atoms with Crippen LogP contribution in [0.3, 0.4) is 0 Å². The van der Waals surface area contributed by atoms with Crippen molar-refractivity contribution < 1.29 is 9.21 Å². The van der Waals surface area contributed by atoms with Crippen LogP contribution in [0, 0.1) is 0 Å². The molecule has 0 unspecified atom stereocenters. The molecule has 6 heteroatoms. The second-order valence-corrected chi connectivity index (χ2v) is 7.82. The maximum atomic E-state index is 12.6. The van der Waals surface area contributed by atoms with Crippen molar-refractivity contribution in [2.24, 2.45) is 0 Å². The van der Waals surface area contributed by atoms with E-state index in [0.717, 1.165) is 29.6 Å². The molecule has 0 radical (unpaired) electrons. The Labute approximate surface area is 172 Å². The van der Waals surface area contributed by atoms with E-state index in [2.05, 4.69) is 29.3 Å². The number of rotatable bonds is 7. The number of hydrogen-bond donors (Lipinski definition) is 1. The van der Waals surface area contributed by atoms with Crippen LogP contribution in [0.1, 0.15) is 23.0 Å². The Morgan fingerprint density at radius 1 is 1.07 bits per heavy atom. The molecule has 4 rings (SSSR count). The fourth-order valence-electron chi connectivity index (χ4n) is 3.42. The van der Waals surface area contributed by atoms with Crippen molar-refractivity contribution in [1.29, 1.82) is 0 Å². The molecule has 0 aliphatic rings. The lowest BCUT2D eigenvalue weighted by atomic mass is 10.2. The number of hydrogen-bond acceptors (Lipinski definition) is 5. The molecule has 0 spiro atoms. The first kappa shape index (κ1) is 19.2. The van der Waals surface area contributed by atoms with Gasteiger partial charge in [0.15, 0.2) is 0 Å². The highest BCUT2D eigenvalue weighted by atomic mass is 32.1. The van der Waals surface area contributed by atoms with Gasteiger partial charge < -0.3 is 14.6 Å². The summed E-state index contributed by atoms with van der Waals surface area (Å²) >= 11 is 1.33. The third kappa shape index (κ3) is 4.03. The zero-order valence-electron chi connectivity index (χ0n) is 16.2. The Bertz CT molecular complexity index is 1200. The van der Waals surface area contributed by atoms with Crippen molar-refractivity contribution in [2.45, 2.75) is 13.3 Å². The summed E-state index contributed by atoms with van der Waals surface area (Å²) in [5, 5.41) is 4.28. The number of fused-ring (bicyclic) bond motifs is 3. The van der Waals surface area contributed by atoms with Gasteiger partial charge in [0.05, 0.1) is 15.0 Å². The Morgan fingerprint density at radius 2 is 1.83 bits per heavy atom. The van der Waals surface area contributed by atoms with E-state index in [9.17, 15) is 9.59 Å². The third-order valence-electron chi connectivity index (χ3n) is 4.90. The number of nitrogens with zero attached hydrogens (tertiary/aromatic N) is 1. The van der Waals surface area contributed by atoms with Gasteiger partial charge in [-0.15, -0.1) is 11.3 Å². The van der Waals surface area contributed by atoms with E-state index < -0.39 is 5.63 Å².